The average Bonchev–Trinajstić information content (AvgIpc) is 2.70. The SMILES string of the molecule is CC(C)(C)C(=O)COC(=O)c1ccccc1SCC(=O)NC1(C#N)CCCCC1. The molecule has 1 aliphatic carbocycles. The molecule has 0 aromatic heterocycles. The van der Waals surface area contributed by atoms with E-state index in [0.717, 1.165) is 19.3 Å². The maximum absolute atomic E-state index is 12.4. The van der Waals surface area contributed by atoms with Gasteiger partial charge in [-0.3, -0.25) is 9.59 Å². The van der Waals surface area contributed by atoms with E-state index in [0.29, 0.717) is 23.3 Å². The zero-order valence-electron chi connectivity index (χ0n) is 17.2. The minimum absolute atomic E-state index is 0.0919. The normalized spacial score (nSPS) is 15.8. The zero-order valence-corrected chi connectivity index (χ0v) is 18.1. The third-order valence-corrected chi connectivity index (χ3v) is 6.01. The third-order valence-electron chi connectivity index (χ3n) is 4.94. The second-order valence-corrected chi connectivity index (χ2v) is 9.35. The third kappa shape index (κ3) is 6.60. The number of esters is 1. The number of rotatable bonds is 7. The Balaban J connectivity index is 1.96. The molecule has 1 saturated carbocycles. The molecule has 1 fully saturated rings. The van der Waals surface area contributed by atoms with Gasteiger partial charge in [0.25, 0.3) is 0 Å². The van der Waals surface area contributed by atoms with Crippen LogP contribution in [0.3, 0.4) is 0 Å². The maximum Gasteiger partial charge on any atom is 0.339 e. The van der Waals surface area contributed by atoms with Crippen LogP contribution in [0.25, 0.3) is 0 Å². The van der Waals surface area contributed by atoms with Gasteiger partial charge in [0, 0.05) is 10.3 Å². The fourth-order valence-corrected chi connectivity index (χ4v) is 3.89. The number of thioether (sulfide) groups is 1. The van der Waals surface area contributed by atoms with Gasteiger partial charge in [0.1, 0.15) is 5.54 Å². The number of benzene rings is 1. The van der Waals surface area contributed by atoms with Gasteiger partial charge in [0.15, 0.2) is 12.4 Å². The Kier molecular flexibility index (Phi) is 7.86. The highest BCUT2D eigenvalue weighted by Gasteiger charge is 2.33. The van der Waals surface area contributed by atoms with E-state index >= 15 is 0 Å². The number of amides is 1. The standard InChI is InChI=1S/C22H28N2O4S/c1-21(2,3)18(25)13-28-20(27)16-9-5-6-10-17(16)29-14-19(26)24-22(15-23)11-7-4-8-12-22/h5-6,9-10H,4,7-8,11-14H2,1-3H3,(H,24,26). The van der Waals surface area contributed by atoms with Crippen LogP contribution in [0.5, 0.6) is 0 Å². The highest BCUT2D eigenvalue weighted by atomic mass is 32.2. The number of hydrogen-bond acceptors (Lipinski definition) is 6. The summed E-state index contributed by atoms with van der Waals surface area (Å²) in [6.07, 6.45) is 4.29. The molecule has 0 bridgehead atoms. The lowest BCUT2D eigenvalue weighted by Gasteiger charge is -2.31. The van der Waals surface area contributed by atoms with Crippen LogP contribution >= 0.6 is 11.8 Å². The van der Waals surface area contributed by atoms with Gasteiger partial charge in [-0.2, -0.15) is 5.26 Å². The van der Waals surface area contributed by atoms with Crippen LogP contribution in [0.1, 0.15) is 63.2 Å². The van der Waals surface area contributed by atoms with Crippen molar-refractivity contribution >= 4 is 29.4 Å². The second kappa shape index (κ2) is 9.93. The zero-order chi connectivity index (χ0) is 21.5. The van der Waals surface area contributed by atoms with E-state index in [-0.39, 0.29) is 24.1 Å². The molecular formula is C22H28N2O4S. The number of carbonyl (C=O) groups is 3. The first-order chi connectivity index (χ1) is 13.7. The largest absolute Gasteiger partial charge is 0.454 e. The molecule has 29 heavy (non-hydrogen) atoms. The summed E-state index contributed by atoms with van der Waals surface area (Å²) in [5.74, 6) is -0.893. The van der Waals surface area contributed by atoms with E-state index < -0.39 is 16.9 Å². The average molecular weight is 417 g/mol. The Labute approximate surface area is 176 Å². The molecule has 1 aromatic carbocycles. The molecule has 2 rings (SSSR count). The summed E-state index contributed by atoms with van der Waals surface area (Å²) in [4.78, 5) is 37.4. The van der Waals surface area contributed by atoms with Gasteiger partial charge >= 0.3 is 5.97 Å². The molecule has 6 nitrogen and oxygen atoms in total. The van der Waals surface area contributed by atoms with E-state index in [4.69, 9.17) is 4.74 Å². The monoisotopic (exact) mass is 416 g/mol. The van der Waals surface area contributed by atoms with Crippen LogP contribution in [0.4, 0.5) is 0 Å². The van der Waals surface area contributed by atoms with Crippen LogP contribution < -0.4 is 5.32 Å². The van der Waals surface area contributed by atoms with Crippen molar-refractivity contribution in [1.82, 2.24) is 5.32 Å². The van der Waals surface area contributed by atoms with Crippen LogP contribution in [-0.4, -0.2) is 35.6 Å². The van der Waals surface area contributed by atoms with Gasteiger partial charge in [-0.25, -0.2) is 4.79 Å². The highest BCUT2D eigenvalue weighted by molar-refractivity contribution is 8.00. The molecule has 0 aliphatic heterocycles. The fourth-order valence-electron chi connectivity index (χ4n) is 3.05. The van der Waals surface area contributed by atoms with Crippen molar-refractivity contribution in [2.24, 2.45) is 5.41 Å². The first-order valence-electron chi connectivity index (χ1n) is 9.81. The molecule has 1 N–H and O–H groups in total. The Morgan fingerprint density at radius 2 is 1.83 bits per heavy atom. The molecule has 0 unspecified atom stereocenters. The molecule has 156 valence electrons. The van der Waals surface area contributed by atoms with Gasteiger partial charge in [0.05, 0.1) is 17.4 Å². The maximum atomic E-state index is 12.4. The molecule has 0 spiro atoms. The summed E-state index contributed by atoms with van der Waals surface area (Å²) in [6.45, 7) is 5.02. The van der Waals surface area contributed by atoms with Crippen molar-refractivity contribution in [2.45, 2.75) is 63.3 Å². The summed E-state index contributed by atoms with van der Waals surface area (Å²) < 4.78 is 5.17. The number of nitriles is 1. The van der Waals surface area contributed by atoms with Crippen molar-refractivity contribution in [3.05, 3.63) is 29.8 Å². The molecular weight excluding hydrogens is 388 g/mol. The number of carbonyl (C=O) groups excluding carboxylic acids is 3. The summed E-state index contributed by atoms with van der Waals surface area (Å²) in [5.41, 5.74) is -1.04. The van der Waals surface area contributed by atoms with E-state index in [9.17, 15) is 19.6 Å². The molecule has 0 heterocycles. The van der Waals surface area contributed by atoms with Crippen molar-refractivity contribution in [3.63, 3.8) is 0 Å². The number of hydrogen-bond donors (Lipinski definition) is 1. The molecule has 0 atom stereocenters. The summed E-state index contributed by atoms with van der Waals surface area (Å²) in [7, 11) is 0. The quantitative estimate of drug-likeness (QED) is 0.535. The van der Waals surface area contributed by atoms with Gasteiger partial charge in [-0.05, 0) is 25.0 Å². The van der Waals surface area contributed by atoms with Gasteiger partial charge in [0.2, 0.25) is 5.91 Å². The molecule has 1 amide bonds. The minimum Gasteiger partial charge on any atom is -0.454 e. The summed E-state index contributed by atoms with van der Waals surface area (Å²) in [6, 6.07) is 9.10. The van der Waals surface area contributed by atoms with Crippen molar-refractivity contribution in [2.75, 3.05) is 12.4 Å². The predicted octanol–water partition coefficient (Wildman–Crippen LogP) is 3.89. The van der Waals surface area contributed by atoms with E-state index in [2.05, 4.69) is 11.4 Å². The van der Waals surface area contributed by atoms with Crippen LogP contribution in [0.2, 0.25) is 0 Å². The number of nitrogens with zero attached hydrogens (tertiary/aromatic N) is 1. The topological polar surface area (TPSA) is 96.3 Å². The number of Topliss-reactive ketones (excluding diaryl/α,β-unsaturated/α-hetero) is 1. The van der Waals surface area contributed by atoms with Gasteiger partial charge < -0.3 is 10.1 Å². The number of nitrogens with one attached hydrogen (secondary N) is 1. The highest BCUT2D eigenvalue weighted by Crippen LogP contribution is 2.28. The number of ketones is 1. The Bertz CT molecular complexity index is 802. The lowest BCUT2D eigenvalue weighted by atomic mass is 9.83. The van der Waals surface area contributed by atoms with Crippen molar-refractivity contribution in [1.29, 1.82) is 5.26 Å². The van der Waals surface area contributed by atoms with Crippen LogP contribution in [0.15, 0.2) is 29.2 Å². The first-order valence-corrected chi connectivity index (χ1v) is 10.8. The summed E-state index contributed by atoms with van der Waals surface area (Å²) in [5, 5.41) is 12.4. The Morgan fingerprint density at radius 3 is 2.45 bits per heavy atom. The lowest BCUT2D eigenvalue weighted by molar-refractivity contribution is -0.129. The smallest absolute Gasteiger partial charge is 0.339 e. The molecule has 1 aromatic rings. The van der Waals surface area contributed by atoms with E-state index in [1.807, 2.05) is 0 Å². The fraction of sp³-hybridized carbons (Fsp3) is 0.545. The van der Waals surface area contributed by atoms with E-state index in [1.54, 1.807) is 45.0 Å². The molecule has 0 radical (unpaired) electrons. The summed E-state index contributed by atoms with van der Waals surface area (Å²) >= 11 is 1.21. The van der Waals surface area contributed by atoms with Gasteiger partial charge in [-0.1, -0.05) is 52.2 Å². The minimum atomic E-state index is -0.776. The molecule has 1 aliphatic rings. The predicted molar refractivity (Wildman–Crippen MR) is 111 cm³/mol. The Hall–Kier alpha value is -2.33. The van der Waals surface area contributed by atoms with Crippen LogP contribution in [-0.2, 0) is 14.3 Å². The number of ether oxygens (including phenoxy) is 1. The van der Waals surface area contributed by atoms with Crippen LogP contribution in [0, 0.1) is 16.7 Å². The van der Waals surface area contributed by atoms with Crippen molar-refractivity contribution < 1.29 is 19.1 Å². The molecule has 7 heteroatoms. The molecule has 0 saturated heterocycles. The lowest BCUT2D eigenvalue weighted by Crippen LogP contribution is -2.49. The van der Waals surface area contributed by atoms with E-state index in [1.165, 1.54) is 11.8 Å². The Morgan fingerprint density at radius 1 is 1.17 bits per heavy atom. The second-order valence-electron chi connectivity index (χ2n) is 8.34. The first kappa shape index (κ1) is 23.0. The van der Waals surface area contributed by atoms with Gasteiger partial charge in [-0.15, -0.1) is 11.8 Å². The van der Waals surface area contributed by atoms with Crippen molar-refractivity contribution in [3.8, 4) is 6.07 Å².